The summed E-state index contributed by atoms with van der Waals surface area (Å²) in [6.45, 7) is 0. The molecule has 1 N–H and O–H groups in total. The summed E-state index contributed by atoms with van der Waals surface area (Å²) < 4.78 is 0. The van der Waals surface area contributed by atoms with Crippen LogP contribution in [0.4, 0.5) is 0 Å². The van der Waals surface area contributed by atoms with Gasteiger partial charge in [-0.05, 0) is 17.4 Å². The van der Waals surface area contributed by atoms with Crippen molar-refractivity contribution < 1.29 is 4.79 Å². The molecule has 1 amide bonds. The van der Waals surface area contributed by atoms with Crippen molar-refractivity contribution in [1.82, 2.24) is 5.32 Å². The summed E-state index contributed by atoms with van der Waals surface area (Å²) in [4.78, 5) is 11.9. The lowest BCUT2D eigenvalue weighted by molar-refractivity contribution is -0.119. The highest BCUT2D eigenvalue weighted by Gasteiger charge is 2.38. The van der Waals surface area contributed by atoms with Gasteiger partial charge in [0.05, 0.1) is 6.04 Å². The maximum atomic E-state index is 11.9. The average molecular weight is 257 g/mol. The molecule has 1 heterocycles. The molecule has 2 nitrogen and oxygen atoms in total. The van der Waals surface area contributed by atoms with E-state index in [4.69, 9.17) is 0 Å². The summed E-state index contributed by atoms with van der Waals surface area (Å²) in [5, 5.41) is 3.20. The lowest BCUT2D eigenvalue weighted by atomic mass is 9.79. The van der Waals surface area contributed by atoms with Gasteiger partial charge >= 0.3 is 0 Å². The van der Waals surface area contributed by atoms with E-state index >= 15 is 0 Å². The van der Waals surface area contributed by atoms with Crippen LogP contribution >= 0.6 is 0 Å². The number of benzene rings is 1. The lowest BCUT2D eigenvalue weighted by Crippen LogP contribution is -2.24. The number of carbonyl (C=O) groups is 1. The number of amides is 1. The van der Waals surface area contributed by atoms with Crippen molar-refractivity contribution >= 4 is 5.91 Å². The van der Waals surface area contributed by atoms with E-state index in [0.29, 0.717) is 5.92 Å². The quantitative estimate of drug-likeness (QED) is 0.801. The fourth-order valence-corrected chi connectivity index (χ4v) is 3.84. The third-order valence-corrected chi connectivity index (χ3v) is 4.83. The zero-order chi connectivity index (χ0) is 13.1. The Balaban J connectivity index is 1.80. The number of hydrogen-bond donors (Lipinski definition) is 1. The molecule has 2 atom stereocenters. The molecule has 1 aromatic carbocycles. The van der Waals surface area contributed by atoms with Gasteiger partial charge in [0.15, 0.2) is 0 Å². The molecule has 3 rings (SSSR count). The van der Waals surface area contributed by atoms with E-state index in [1.807, 2.05) is 6.07 Å². The van der Waals surface area contributed by atoms with Crippen LogP contribution in [0.15, 0.2) is 30.3 Å². The Morgan fingerprint density at radius 1 is 0.947 bits per heavy atom. The normalized spacial score (nSPS) is 28.9. The number of hydrogen-bond acceptors (Lipinski definition) is 1. The summed E-state index contributed by atoms with van der Waals surface area (Å²) in [5.74, 6) is 1.47. The monoisotopic (exact) mass is 257 g/mol. The fourth-order valence-electron chi connectivity index (χ4n) is 3.84. The Morgan fingerprint density at radius 2 is 1.63 bits per heavy atom. The van der Waals surface area contributed by atoms with Crippen LogP contribution in [0.1, 0.15) is 56.6 Å². The van der Waals surface area contributed by atoms with Gasteiger partial charge in [0, 0.05) is 6.42 Å². The van der Waals surface area contributed by atoms with Gasteiger partial charge in [-0.3, -0.25) is 4.79 Å². The van der Waals surface area contributed by atoms with Crippen LogP contribution in [-0.2, 0) is 4.79 Å². The van der Waals surface area contributed by atoms with Crippen LogP contribution in [0.2, 0.25) is 0 Å². The minimum atomic E-state index is 0.239. The van der Waals surface area contributed by atoms with Crippen LogP contribution in [0.25, 0.3) is 0 Å². The molecule has 2 heteroatoms. The average Bonchev–Trinajstić information content (AvgIpc) is 2.66. The Bertz CT molecular complexity index is 420. The predicted molar refractivity (Wildman–Crippen MR) is 76.6 cm³/mol. The van der Waals surface area contributed by atoms with Crippen molar-refractivity contribution in [2.24, 2.45) is 11.8 Å². The SMILES string of the molecule is O=C1CC(C2CCCCCC2)C(c2ccccc2)N1. The molecule has 19 heavy (non-hydrogen) atoms. The minimum Gasteiger partial charge on any atom is -0.349 e. The zero-order valence-corrected chi connectivity index (χ0v) is 11.5. The molecule has 102 valence electrons. The van der Waals surface area contributed by atoms with Crippen molar-refractivity contribution in [3.63, 3.8) is 0 Å². The van der Waals surface area contributed by atoms with Crippen LogP contribution in [0.5, 0.6) is 0 Å². The molecule has 1 saturated heterocycles. The van der Waals surface area contributed by atoms with E-state index in [0.717, 1.165) is 12.3 Å². The highest BCUT2D eigenvalue weighted by molar-refractivity contribution is 5.79. The highest BCUT2D eigenvalue weighted by atomic mass is 16.2. The summed E-state index contributed by atoms with van der Waals surface area (Å²) in [6, 6.07) is 10.7. The van der Waals surface area contributed by atoms with Gasteiger partial charge in [0.25, 0.3) is 0 Å². The molecule has 1 aliphatic heterocycles. The van der Waals surface area contributed by atoms with Gasteiger partial charge in [-0.15, -0.1) is 0 Å². The second-order valence-electron chi connectivity index (χ2n) is 6.08. The second-order valence-corrected chi connectivity index (χ2v) is 6.08. The third kappa shape index (κ3) is 2.83. The molecule has 1 aliphatic carbocycles. The minimum absolute atomic E-state index is 0.239. The van der Waals surface area contributed by atoms with Gasteiger partial charge in [-0.2, -0.15) is 0 Å². The van der Waals surface area contributed by atoms with Crippen molar-refractivity contribution in [2.45, 2.75) is 51.0 Å². The van der Waals surface area contributed by atoms with Crippen LogP contribution < -0.4 is 5.32 Å². The van der Waals surface area contributed by atoms with E-state index in [1.165, 1.54) is 44.1 Å². The summed E-state index contributed by atoms with van der Waals surface area (Å²) in [5.41, 5.74) is 1.28. The van der Waals surface area contributed by atoms with E-state index in [9.17, 15) is 4.79 Å². The first-order chi connectivity index (χ1) is 9.34. The van der Waals surface area contributed by atoms with Crippen molar-refractivity contribution in [3.8, 4) is 0 Å². The van der Waals surface area contributed by atoms with Gasteiger partial charge in [-0.1, -0.05) is 68.9 Å². The fraction of sp³-hybridized carbons (Fsp3) is 0.588. The Kier molecular flexibility index (Phi) is 3.86. The predicted octanol–water partition coefficient (Wildman–Crippen LogP) is 3.83. The molecule has 2 fully saturated rings. The van der Waals surface area contributed by atoms with Gasteiger partial charge < -0.3 is 5.32 Å². The molecular formula is C17H23NO. The first-order valence-electron chi connectivity index (χ1n) is 7.69. The van der Waals surface area contributed by atoms with E-state index in [2.05, 4.69) is 29.6 Å². The third-order valence-electron chi connectivity index (χ3n) is 4.83. The van der Waals surface area contributed by atoms with Crippen LogP contribution in [0, 0.1) is 11.8 Å². The largest absolute Gasteiger partial charge is 0.349 e. The summed E-state index contributed by atoms with van der Waals surface area (Å²) in [7, 11) is 0. The topological polar surface area (TPSA) is 29.1 Å². The second kappa shape index (κ2) is 5.77. The van der Waals surface area contributed by atoms with Crippen LogP contribution in [-0.4, -0.2) is 5.91 Å². The standard InChI is InChI=1S/C17H23NO/c19-16-12-15(13-8-4-1-2-5-9-13)17(18-16)14-10-6-3-7-11-14/h3,6-7,10-11,13,15,17H,1-2,4-5,8-9,12H2,(H,18,19). The first kappa shape index (κ1) is 12.7. The lowest BCUT2D eigenvalue weighted by Gasteiger charge is -2.27. The van der Waals surface area contributed by atoms with Crippen molar-refractivity contribution in [2.75, 3.05) is 0 Å². The Hall–Kier alpha value is -1.31. The Morgan fingerprint density at radius 3 is 2.32 bits per heavy atom. The van der Waals surface area contributed by atoms with E-state index < -0.39 is 0 Å². The molecule has 0 spiro atoms. The molecule has 2 unspecified atom stereocenters. The van der Waals surface area contributed by atoms with Gasteiger partial charge in [0.1, 0.15) is 0 Å². The number of carbonyl (C=O) groups excluding carboxylic acids is 1. The molecule has 1 aromatic rings. The number of rotatable bonds is 2. The summed E-state index contributed by atoms with van der Waals surface area (Å²) in [6.07, 6.45) is 8.78. The molecule has 0 aromatic heterocycles. The zero-order valence-electron chi connectivity index (χ0n) is 11.5. The van der Waals surface area contributed by atoms with E-state index in [-0.39, 0.29) is 11.9 Å². The first-order valence-corrected chi connectivity index (χ1v) is 7.69. The summed E-state index contributed by atoms with van der Waals surface area (Å²) >= 11 is 0. The van der Waals surface area contributed by atoms with Crippen LogP contribution in [0.3, 0.4) is 0 Å². The van der Waals surface area contributed by atoms with Crippen molar-refractivity contribution in [1.29, 1.82) is 0 Å². The molecule has 1 saturated carbocycles. The number of nitrogens with one attached hydrogen (secondary N) is 1. The van der Waals surface area contributed by atoms with Gasteiger partial charge in [0.2, 0.25) is 5.91 Å². The Labute approximate surface area is 115 Å². The van der Waals surface area contributed by atoms with E-state index in [1.54, 1.807) is 0 Å². The maximum Gasteiger partial charge on any atom is 0.220 e. The highest BCUT2D eigenvalue weighted by Crippen LogP contribution is 2.41. The maximum absolute atomic E-state index is 11.9. The van der Waals surface area contributed by atoms with Gasteiger partial charge in [-0.25, -0.2) is 0 Å². The molecule has 0 radical (unpaired) electrons. The molecule has 2 aliphatic rings. The smallest absolute Gasteiger partial charge is 0.220 e. The molecular weight excluding hydrogens is 234 g/mol. The molecule has 0 bridgehead atoms. The van der Waals surface area contributed by atoms with Crippen molar-refractivity contribution in [3.05, 3.63) is 35.9 Å².